The van der Waals surface area contributed by atoms with Crippen LogP contribution in [0.4, 0.5) is 0 Å². The topological polar surface area (TPSA) is 80.4 Å². The predicted molar refractivity (Wildman–Crippen MR) is 78.0 cm³/mol. The standard InChI is InChI=1S/C12H7BrN4O2.K.H/c13-10-6-11-15-8(12(18)19)5-9(17(11)16-10)7-3-1-2-4-14-7;;/h1-6H,(H,18,19);;. The molecule has 0 aliphatic carbocycles. The number of carboxylic acid groups (broad SMARTS) is 1. The summed E-state index contributed by atoms with van der Waals surface area (Å²) in [7, 11) is 0. The van der Waals surface area contributed by atoms with E-state index < -0.39 is 5.97 Å². The molecule has 0 fully saturated rings. The number of halogens is 1. The molecular weight excluding hydrogens is 351 g/mol. The first kappa shape index (κ1) is 15.7. The summed E-state index contributed by atoms with van der Waals surface area (Å²) in [5.74, 6) is -1.09. The number of pyridine rings is 1. The number of aromatic carboxylic acids is 1. The molecule has 3 heterocycles. The van der Waals surface area contributed by atoms with Crippen LogP contribution in [0.25, 0.3) is 17.0 Å². The maximum absolute atomic E-state index is 11.1. The van der Waals surface area contributed by atoms with Gasteiger partial charge in [0.1, 0.15) is 4.60 Å². The Morgan fingerprint density at radius 2 is 2.10 bits per heavy atom. The fraction of sp³-hybridized carbons (Fsp3) is 0. The van der Waals surface area contributed by atoms with Crippen LogP contribution in [-0.2, 0) is 0 Å². The van der Waals surface area contributed by atoms with E-state index in [-0.39, 0.29) is 57.1 Å². The van der Waals surface area contributed by atoms with Crippen LogP contribution in [-0.4, -0.2) is 82.0 Å². The van der Waals surface area contributed by atoms with E-state index in [0.29, 0.717) is 21.6 Å². The average molecular weight is 359 g/mol. The first-order chi connectivity index (χ1) is 9.15. The normalized spacial score (nSPS) is 10.2. The summed E-state index contributed by atoms with van der Waals surface area (Å²) in [6.07, 6.45) is 1.64. The van der Waals surface area contributed by atoms with Gasteiger partial charge in [0.15, 0.2) is 11.3 Å². The van der Waals surface area contributed by atoms with E-state index in [9.17, 15) is 4.79 Å². The Hall–Kier alpha value is -0.644. The van der Waals surface area contributed by atoms with Gasteiger partial charge in [0.2, 0.25) is 0 Å². The first-order valence-electron chi connectivity index (χ1n) is 5.36. The number of fused-ring (bicyclic) bond motifs is 1. The maximum atomic E-state index is 11.1. The summed E-state index contributed by atoms with van der Waals surface area (Å²) in [6, 6.07) is 8.51. The number of hydrogen-bond acceptors (Lipinski definition) is 4. The summed E-state index contributed by atoms with van der Waals surface area (Å²) < 4.78 is 2.14. The molecule has 8 heteroatoms. The molecule has 0 saturated heterocycles. The summed E-state index contributed by atoms with van der Waals surface area (Å²) in [5.41, 5.74) is 1.62. The van der Waals surface area contributed by atoms with Gasteiger partial charge in [0.25, 0.3) is 0 Å². The van der Waals surface area contributed by atoms with Crippen LogP contribution in [0.3, 0.4) is 0 Å². The molecule has 3 aromatic rings. The molecule has 0 radical (unpaired) electrons. The van der Waals surface area contributed by atoms with E-state index >= 15 is 0 Å². The Morgan fingerprint density at radius 1 is 1.30 bits per heavy atom. The quantitative estimate of drug-likeness (QED) is 0.703. The summed E-state index contributed by atoms with van der Waals surface area (Å²) in [4.78, 5) is 19.3. The molecule has 0 spiro atoms. The predicted octanol–water partition coefficient (Wildman–Crippen LogP) is 1.60. The van der Waals surface area contributed by atoms with Gasteiger partial charge in [-0.25, -0.2) is 14.3 Å². The molecule has 0 amide bonds. The molecule has 0 unspecified atom stereocenters. The van der Waals surface area contributed by atoms with E-state index in [0.717, 1.165) is 0 Å². The van der Waals surface area contributed by atoms with Crippen molar-refractivity contribution in [2.24, 2.45) is 0 Å². The zero-order valence-electron chi connectivity index (χ0n) is 9.49. The van der Waals surface area contributed by atoms with Crippen LogP contribution in [0.5, 0.6) is 0 Å². The van der Waals surface area contributed by atoms with Crippen molar-refractivity contribution in [2.75, 3.05) is 0 Å². The number of aromatic nitrogens is 4. The molecule has 0 saturated carbocycles. The zero-order valence-corrected chi connectivity index (χ0v) is 11.1. The van der Waals surface area contributed by atoms with Crippen LogP contribution in [0.2, 0.25) is 0 Å². The molecule has 0 aromatic carbocycles. The third-order valence-corrected chi connectivity index (χ3v) is 2.93. The number of carbonyl (C=O) groups is 1. The Kier molecular flexibility index (Phi) is 5.05. The molecule has 3 aromatic heterocycles. The Bertz CT molecular complexity index is 776. The first-order valence-corrected chi connectivity index (χ1v) is 6.15. The molecule has 0 aliphatic rings. The van der Waals surface area contributed by atoms with Gasteiger partial charge in [-0.05, 0) is 34.1 Å². The third-order valence-electron chi connectivity index (χ3n) is 2.54. The fourth-order valence-corrected chi connectivity index (χ4v) is 2.12. The van der Waals surface area contributed by atoms with Crippen LogP contribution in [0.1, 0.15) is 10.5 Å². The second-order valence-electron chi connectivity index (χ2n) is 3.78. The summed E-state index contributed by atoms with van der Waals surface area (Å²) in [5, 5.41) is 13.3. The Labute approximate surface area is 164 Å². The van der Waals surface area contributed by atoms with Crippen LogP contribution in [0, 0.1) is 0 Å². The molecule has 1 N–H and O–H groups in total. The van der Waals surface area contributed by atoms with E-state index in [1.807, 2.05) is 6.07 Å². The molecular formula is C12H8BrKN4O2. The van der Waals surface area contributed by atoms with Gasteiger partial charge < -0.3 is 5.11 Å². The van der Waals surface area contributed by atoms with Gasteiger partial charge in [0.05, 0.1) is 11.4 Å². The van der Waals surface area contributed by atoms with Crippen LogP contribution in [0.15, 0.2) is 41.1 Å². The second kappa shape index (κ2) is 6.42. The van der Waals surface area contributed by atoms with Gasteiger partial charge in [-0.15, -0.1) is 0 Å². The molecule has 0 bridgehead atoms. The third kappa shape index (κ3) is 3.00. The average Bonchev–Trinajstić information content (AvgIpc) is 2.78. The SMILES string of the molecule is O=C(O)c1cc(-c2ccccn2)n2nc(Br)cc2n1.[KH]. The van der Waals surface area contributed by atoms with Crippen molar-refractivity contribution in [1.82, 2.24) is 19.6 Å². The second-order valence-corrected chi connectivity index (χ2v) is 4.60. The van der Waals surface area contributed by atoms with Gasteiger partial charge in [-0.2, -0.15) is 5.10 Å². The monoisotopic (exact) mass is 358 g/mol. The Morgan fingerprint density at radius 3 is 2.75 bits per heavy atom. The summed E-state index contributed by atoms with van der Waals surface area (Å²) >= 11 is 3.25. The van der Waals surface area contributed by atoms with Gasteiger partial charge in [0, 0.05) is 12.3 Å². The molecule has 0 atom stereocenters. The van der Waals surface area contributed by atoms with Crippen molar-refractivity contribution >= 4 is 78.9 Å². The Balaban J connectivity index is 0.00000147. The van der Waals surface area contributed by atoms with Crippen molar-refractivity contribution in [3.05, 3.63) is 46.8 Å². The van der Waals surface area contributed by atoms with Crippen LogP contribution >= 0.6 is 15.9 Å². The fourth-order valence-electron chi connectivity index (χ4n) is 1.75. The van der Waals surface area contributed by atoms with E-state index in [1.54, 1.807) is 28.9 Å². The minimum absolute atomic E-state index is 0. The van der Waals surface area contributed by atoms with Crippen molar-refractivity contribution in [2.45, 2.75) is 0 Å². The van der Waals surface area contributed by atoms with Crippen LogP contribution < -0.4 is 0 Å². The van der Waals surface area contributed by atoms with E-state index in [1.165, 1.54) is 6.07 Å². The van der Waals surface area contributed by atoms with E-state index in [4.69, 9.17) is 5.11 Å². The minimum atomic E-state index is -1.09. The molecule has 96 valence electrons. The van der Waals surface area contributed by atoms with Gasteiger partial charge in [-0.1, -0.05) is 6.07 Å². The molecule has 3 rings (SSSR count). The van der Waals surface area contributed by atoms with Gasteiger partial charge >= 0.3 is 57.4 Å². The summed E-state index contributed by atoms with van der Waals surface area (Å²) in [6.45, 7) is 0. The van der Waals surface area contributed by atoms with E-state index in [2.05, 4.69) is 31.0 Å². The number of nitrogens with zero attached hydrogens (tertiary/aromatic N) is 4. The molecule has 0 aliphatic heterocycles. The van der Waals surface area contributed by atoms with Crippen molar-refractivity contribution < 1.29 is 9.90 Å². The van der Waals surface area contributed by atoms with Crippen molar-refractivity contribution in [3.63, 3.8) is 0 Å². The zero-order chi connectivity index (χ0) is 13.4. The van der Waals surface area contributed by atoms with Crippen molar-refractivity contribution in [3.8, 4) is 11.4 Å². The molecule has 20 heavy (non-hydrogen) atoms. The number of hydrogen-bond donors (Lipinski definition) is 1. The number of carboxylic acids is 1. The van der Waals surface area contributed by atoms with Gasteiger partial charge in [-0.3, -0.25) is 4.98 Å². The molecule has 6 nitrogen and oxygen atoms in total. The van der Waals surface area contributed by atoms with Crippen molar-refractivity contribution in [1.29, 1.82) is 0 Å². The number of rotatable bonds is 2.